The average molecular weight is 391 g/mol. The lowest BCUT2D eigenvalue weighted by molar-refractivity contribution is 0.0681. The monoisotopic (exact) mass is 391 g/mol. The van der Waals surface area contributed by atoms with Crippen LogP contribution in [0.15, 0.2) is 48.5 Å². The number of nitrogens with zero attached hydrogens (tertiary/aromatic N) is 1. The third-order valence-corrected chi connectivity index (χ3v) is 6.34. The molecule has 1 heterocycles. The van der Waals surface area contributed by atoms with E-state index in [2.05, 4.69) is 0 Å². The smallest absolute Gasteiger partial charge is 0.254 e. The Labute approximate surface area is 158 Å². The molecule has 2 aromatic carbocycles. The molecule has 0 radical (unpaired) electrons. The van der Waals surface area contributed by atoms with E-state index in [4.69, 9.17) is 4.74 Å². The van der Waals surface area contributed by atoms with Crippen molar-refractivity contribution in [1.82, 2.24) is 4.90 Å². The minimum Gasteiger partial charge on any atom is -0.494 e. The van der Waals surface area contributed by atoms with Gasteiger partial charge in [-0.2, -0.15) is 0 Å². The van der Waals surface area contributed by atoms with Gasteiger partial charge in [0, 0.05) is 18.2 Å². The van der Waals surface area contributed by atoms with Gasteiger partial charge in [-0.15, -0.1) is 0 Å². The second kappa shape index (κ2) is 8.08. The Morgan fingerprint density at radius 2 is 1.81 bits per heavy atom. The number of rotatable bonds is 6. The first-order chi connectivity index (χ1) is 12.9. The predicted octanol–water partition coefficient (Wildman–Crippen LogP) is 3.05. The van der Waals surface area contributed by atoms with E-state index in [0.717, 1.165) is 11.3 Å². The fraction of sp³-hybridized carbons (Fsp3) is 0.350. The molecule has 1 fully saturated rings. The van der Waals surface area contributed by atoms with Gasteiger partial charge in [-0.3, -0.25) is 4.79 Å². The Kier molecular flexibility index (Phi) is 5.79. The van der Waals surface area contributed by atoms with Crippen molar-refractivity contribution >= 4 is 15.7 Å². The summed E-state index contributed by atoms with van der Waals surface area (Å²) in [4.78, 5) is 14.6. The first-order valence-corrected chi connectivity index (χ1v) is 10.7. The fourth-order valence-corrected chi connectivity index (χ4v) is 4.93. The maximum atomic E-state index is 13.2. The molecule has 27 heavy (non-hydrogen) atoms. The number of carbonyl (C=O) groups excluding carboxylic acids is 1. The number of sulfone groups is 1. The van der Waals surface area contributed by atoms with E-state index in [0.29, 0.717) is 18.6 Å². The van der Waals surface area contributed by atoms with E-state index < -0.39 is 15.7 Å². The summed E-state index contributed by atoms with van der Waals surface area (Å²) >= 11 is 0. The number of carbonyl (C=O) groups is 1. The quantitative estimate of drug-likeness (QED) is 0.759. The molecule has 0 N–H and O–H groups in total. The Bertz CT molecular complexity index is 895. The summed E-state index contributed by atoms with van der Waals surface area (Å²) in [5, 5.41) is 0. The maximum absolute atomic E-state index is 13.2. The highest BCUT2D eigenvalue weighted by molar-refractivity contribution is 7.91. The van der Waals surface area contributed by atoms with Gasteiger partial charge in [0.1, 0.15) is 11.6 Å². The van der Waals surface area contributed by atoms with Gasteiger partial charge in [0.15, 0.2) is 9.84 Å². The van der Waals surface area contributed by atoms with Gasteiger partial charge in [-0.05, 0) is 55.3 Å². The van der Waals surface area contributed by atoms with Crippen molar-refractivity contribution in [2.24, 2.45) is 0 Å². The van der Waals surface area contributed by atoms with Gasteiger partial charge in [-0.25, -0.2) is 12.8 Å². The first kappa shape index (κ1) is 19.4. The van der Waals surface area contributed by atoms with Crippen LogP contribution in [-0.2, 0) is 16.4 Å². The maximum Gasteiger partial charge on any atom is 0.254 e. The molecule has 3 rings (SSSR count). The second-order valence-corrected chi connectivity index (χ2v) is 8.80. The third kappa shape index (κ3) is 4.86. The molecule has 1 amide bonds. The lowest BCUT2D eigenvalue weighted by Crippen LogP contribution is -2.40. The van der Waals surface area contributed by atoms with Crippen molar-refractivity contribution in [1.29, 1.82) is 0 Å². The van der Waals surface area contributed by atoms with Crippen LogP contribution in [0.2, 0.25) is 0 Å². The number of ether oxygens (including phenoxy) is 1. The summed E-state index contributed by atoms with van der Waals surface area (Å²) in [5.41, 5.74) is 1.21. The van der Waals surface area contributed by atoms with Crippen molar-refractivity contribution < 1.29 is 22.3 Å². The van der Waals surface area contributed by atoms with E-state index in [-0.39, 0.29) is 30.0 Å². The van der Waals surface area contributed by atoms with Gasteiger partial charge in [0.2, 0.25) is 0 Å². The molecule has 1 atom stereocenters. The Morgan fingerprint density at radius 3 is 2.37 bits per heavy atom. The van der Waals surface area contributed by atoms with Crippen LogP contribution >= 0.6 is 0 Å². The van der Waals surface area contributed by atoms with Gasteiger partial charge < -0.3 is 9.64 Å². The molecular weight excluding hydrogens is 369 g/mol. The Balaban J connectivity index is 1.85. The number of benzene rings is 2. The molecular formula is C20H22FNO4S. The van der Waals surface area contributed by atoms with Gasteiger partial charge in [0.05, 0.1) is 18.1 Å². The average Bonchev–Trinajstić information content (AvgIpc) is 3.01. The molecule has 0 saturated carbocycles. The third-order valence-electron chi connectivity index (χ3n) is 4.59. The lowest BCUT2D eigenvalue weighted by Gasteiger charge is -2.28. The van der Waals surface area contributed by atoms with E-state index in [1.54, 1.807) is 4.90 Å². The zero-order valence-corrected chi connectivity index (χ0v) is 15.9. The molecule has 7 heteroatoms. The summed E-state index contributed by atoms with van der Waals surface area (Å²) < 4.78 is 42.4. The minimum atomic E-state index is -3.14. The normalized spacial score (nSPS) is 18.2. The molecule has 2 aromatic rings. The van der Waals surface area contributed by atoms with E-state index >= 15 is 0 Å². The molecule has 1 unspecified atom stereocenters. The lowest BCUT2D eigenvalue weighted by atomic mass is 10.1. The van der Waals surface area contributed by atoms with E-state index in [9.17, 15) is 17.6 Å². The highest BCUT2D eigenvalue weighted by Crippen LogP contribution is 2.23. The summed E-state index contributed by atoms with van der Waals surface area (Å²) in [5.74, 6) is 0.0469. The van der Waals surface area contributed by atoms with Crippen LogP contribution in [0.4, 0.5) is 4.39 Å². The Hall–Kier alpha value is -2.41. The van der Waals surface area contributed by atoms with Crippen LogP contribution in [0.5, 0.6) is 5.75 Å². The molecule has 144 valence electrons. The molecule has 5 nitrogen and oxygen atoms in total. The standard InChI is InChI=1S/C20H22FNO4S/c1-2-26-19-9-3-15(4-10-19)13-22(18-11-12-27(24,25)14-18)20(23)16-5-7-17(21)8-6-16/h3-10,18H,2,11-14H2,1H3. The molecule has 0 spiro atoms. The predicted molar refractivity (Wildman–Crippen MR) is 101 cm³/mol. The molecule has 1 saturated heterocycles. The zero-order chi connectivity index (χ0) is 19.4. The Morgan fingerprint density at radius 1 is 1.15 bits per heavy atom. The zero-order valence-electron chi connectivity index (χ0n) is 15.1. The van der Waals surface area contributed by atoms with Gasteiger partial charge in [0.25, 0.3) is 5.91 Å². The van der Waals surface area contributed by atoms with E-state index in [1.165, 1.54) is 24.3 Å². The largest absolute Gasteiger partial charge is 0.494 e. The molecule has 0 bridgehead atoms. The van der Waals surface area contributed by atoms with Crippen LogP contribution < -0.4 is 4.74 Å². The van der Waals surface area contributed by atoms with Crippen LogP contribution in [0, 0.1) is 5.82 Å². The van der Waals surface area contributed by atoms with Crippen molar-refractivity contribution in [2.45, 2.75) is 25.9 Å². The topological polar surface area (TPSA) is 63.7 Å². The van der Waals surface area contributed by atoms with Crippen LogP contribution in [0.3, 0.4) is 0 Å². The second-order valence-electron chi connectivity index (χ2n) is 6.57. The summed E-state index contributed by atoms with van der Waals surface area (Å²) in [6.07, 6.45) is 0.409. The number of amides is 1. The minimum absolute atomic E-state index is 0.0447. The van der Waals surface area contributed by atoms with Crippen molar-refractivity contribution in [3.8, 4) is 5.75 Å². The van der Waals surface area contributed by atoms with Crippen molar-refractivity contribution in [3.05, 3.63) is 65.5 Å². The van der Waals surface area contributed by atoms with Crippen molar-refractivity contribution in [2.75, 3.05) is 18.1 Å². The number of hydrogen-bond donors (Lipinski definition) is 0. The van der Waals surface area contributed by atoms with Crippen LogP contribution in [0.25, 0.3) is 0 Å². The van der Waals surface area contributed by atoms with E-state index in [1.807, 2.05) is 31.2 Å². The number of halogens is 1. The summed E-state index contributed by atoms with van der Waals surface area (Å²) in [6, 6.07) is 12.3. The van der Waals surface area contributed by atoms with Crippen molar-refractivity contribution in [3.63, 3.8) is 0 Å². The van der Waals surface area contributed by atoms with Gasteiger partial charge in [-0.1, -0.05) is 12.1 Å². The molecule has 0 aliphatic carbocycles. The van der Waals surface area contributed by atoms with Crippen LogP contribution in [0.1, 0.15) is 29.3 Å². The molecule has 1 aliphatic heterocycles. The van der Waals surface area contributed by atoms with Crippen LogP contribution in [-0.4, -0.2) is 43.4 Å². The highest BCUT2D eigenvalue weighted by atomic mass is 32.2. The fourth-order valence-electron chi connectivity index (χ4n) is 3.20. The van der Waals surface area contributed by atoms with Gasteiger partial charge >= 0.3 is 0 Å². The summed E-state index contributed by atoms with van der Waals surface area (Å²) in [6.45, 7) is 2.74. The first-order valence-electron chi connectivity index (χ1n) is 8.86. The summed E-state index contributed by atoms with van der Waals surface area (Å²) in [7, 11) is -3.14. The highest BCUT2D eigenvalue weighted by Gasteiger charge is 2.35. The SMILES string of the molecule is CCOc1ccc(CN(C(=O)c2ccc(F)cc2)C2CCS(=O)(=O)C2)cc1. The molecule has 1 aliphatic rings. The number of hydrogen-bond acceptors (Lipinski definition) is 4. The molecule has 0 aromatic heterocycles.